The predicted octanol–water partition coefficient (Wildman–Crippen LogP) is 1.37. The molecular formula is C7H8ClNO2. The van der Waals surface area contributed by atoms with Crippen molar-refractivity contribution in [2.24, 2.45) is 0 Å². The highest BCUT2D eigenvalue weighted by Crippen LogP contribution is 2.12. The molecular weight excluding hydrogens is 166 g/mol. The van der Waals surface area contributed by atoms with Crippen LogP contribution in [0.5, 0.6) is 5.75 Å². The molecule has 4 heteroatoms. The monoisotopic (exact) mass is 173 g/mol. The lowest BCUT2D eigenvalue weighted by Gasteiger charge is -2.02. The summed E-state index contributed by atoms with van der Waals surface area (Å²) >= 11 is 5.52. The maximum atomic E-state index is 10.7. The largest absolute Gasteiger partial charge is 0.618 e. The lowest BCUT2D eigenvalue weighted by molar-refractivity contribution is -0.603. The minimum Gasteiger partial charge on any atom is -0.618 e. The van der Waals surface area contributed by atoms with E-state index in [0.717, 1.165) is 0 Å². The van der Waals surface area contributed by atoms with Gasteiger partial charge in [0.05, 0.1) is 12.7 Å². The number of hydrogen-bond acceptors (Lipinski definition) is 2. The molecule has 0 fully saturated rings. The van der Waals surface area contributed by atoms with Gasteiger partial charge in [-0.25, -0.2) is 0 Å². The highest BCUT2D eigenvalue weighted by molar-refractivity contribution is 6.28. The smallest absolute Gasteiger partial charge is 0.289 e. The Balaban J connectivity index is 2.86. The van der Waals surface area contributed by atoms with Gasteiger partial charge in [0, 0.05) is 6.07 Å². The molecule has 0 aliphatic carbocycles. The van der Waals surface area contributed by atoms with Gasteiger partial charge < -0.3 is 9.94 Å². The van der Waals surface area contributed by atoms with Crippen molar-refractivity contribution in [2.75, 3.05) is 6.61 Å². The molecule has 0 saturated carbocycles. The van der Waals surface area contributed by atoms with Crippen molar-refractivity contribution in [1.82, 2.24) is 0 Å². The van der Waals surface area contributed by atoms with Gasteiger partial charge in [-0.1, -0.05) is 0 Å². The summed E-state index contributed by atoms with van der Waals surface area (Å²) in [5.41, 5.74) is 0. The van der Waals surface area contributed by atoms with Gasteiger partial charge in [0.2, 0.25) is 0 Å². The van der Waals surface area contributed by atoms with Crippen LogP contribution in [-0.2, 0) is 0 Å². The van der Waals surface area contributed by atoms with Crippen molar-refractivity contribution in [3.63, 3.8) is 0 Å². The molecule has 0 spiro atoms. The van der Waals surface area contributed by atoms with E-state index in [-0.39, 0.29) is 5.15 Å². The number of aromatic nitrogens is 1. The average molecular weight is 174 g/mol. The highest BCUT2D eigenvalue weighted by atomic mass is 35.5. The normalized spacial score (nSPS) is 9.64. The first-order chi connectivity index (χ1) is 5.24. The van der Waals surface area contributed by atoms with Gasteiger partial charge in [-0.3, -0.25) is 0 Å². The maximum Gasteiger partial charge on any atom is 0.289 e. The Morgan fingerprint density at radius 1 is 1.73 bits per heavy atom. The van der Waals surface area contributed by atoms with E-state index < -0.39 is 0 Å². The molecule has 60 valence electrons. The molecule has 1 aromatic heterocycles. The minimum atomic E-state index is 0.121. The zero-order chi connectivity index (χ0) is 8.27. The van der Waals surface area contributed by atoms with Crippen LogP contribution in [0.1, 0.15) is 6.92 Å². The first-order valence-electron chi connectivity index (χ1n) is 3.25. The van der Waals surface area contributed by atoms with Gasteiger partial charge in [-0.05, 0) is 18.5 Å². The fourth-order valence-corrected chi connectivity index (χ4v) is 0.862. The molecule has 0 aromatic carbocycles. The number of hydrogen-bond donors (Lipinski definition) is 0. The Bertz CT molecular complexity index is 252. The second-order valence-electron chi connectivity index (χ2n) is 1.94. The second-order valence-corrected chi connectivity index (χ2v) is 2.33. The van der Waals surface area contributed by atoms with E-state index in [9.17, 15) is 5.21 Å². The van der Waals surface area contributed by atoms with E-state index in [1.165, 1.54) is 12.3 Å². The molecule has 0 aliphatic rings. The van der Waals surface area contributed by atoms with E-state index in [1.807, 2.05) is 6.92 Å². The van der Waals surface area contributed by atoms with E-state index >= 15 is 0 Å². The van der Waals surface area contributed by atoms with E-state index in [4.69, 9.17) is 16.3 Å². The lowest BCUT2D eigenvalue weighted by Crippen LogP contribution is -2.26. The van der Waals surface area contributed by atoms with Crippen LogP contribution in [0.4, 0.5) is 0 Å². The van der Waals surface area contributed by atoms with Crippen molar-refractivity contribution in [2.45, 2.75) is 6.92 Å². The summed E-state index contributed by atoms with van der Waals surface area (Å²) in [5, 5.41) is 10.8. The highest BCUT2D eigenvalue weighted by Gasteiger charge is 2.02. The van der Waals surface area contributed by atoms with Gasteiger partial charge in [0.25, 0.3) is 5.15 Å². The molecule has 0 N–H and O–H groups in total. The van der Waals surface area contributed by atoms with Crippen LogP contribution in [0.3, 0.4) is 0 Å². The molecule has 1 heterocycles. The first kappa shape index (κ1) is 8.14. The first-order valence-corrected chi connectivity index (χ1v) is 3.63. The molecule has 3 nitrogen and oxygen atoms in total. The van der Waals surface area contributed by atoms with Crippen molar-refractivity contribution < 1.29 is 9.47 Å². The number of ether oxygens (including phenoxy) is 1. The quantitative estimate of drug-likeness (QED) is 0.385. The van der Waals surface area contributed by atoms with Crippen molar-refractivity contribution in [3.8, 4) is 5.75 Å². The molecule has 1 rings (SSSR count). The summed E-state index contributed by atoms with van der Waals surface area (Å²) < 4.78 is 5.68. The van der Waals surface area contributed by atoms with E-state index in [0.29, 0.717) is 17.1 Å². The third-order valence-electron chi connectivity index (χ3n) is 1.16. The Labute approximate surface area is 69.8 Å². The number of pyridine rings is 1. The van der Waals surface area contributed by atoms with Crippen LogP contribution >= 0.6 is 11.6 Å². The summed E-state index contributed by atoms with van der Waals surface area (Å²) in [6.07, 6.45) is 1.31. The van der Waals surface area contributed by atoms with Gasteiger partial charge >= 0.3 is 0 Å². The maximum absolute atomic E-state index is 10.7. The van der Waals surface area contributed by atoms with Gasteiger partial charge in [-0.2, -0.15) is 4.73 Å². The standard InChI is InChI=1S/C7H8ClNO2/c1-2-11-6-3-4-9(10)7(8)5-6/h3-5H,2H2,1H3. The average Bonchev–Trinajstić information content (AvgIpc) is 1.98. The van der Waals surface area contributed by atoms with Crippen LogP contribution in [0.15, 0.2) is 18.3 Å². The van der Waals surface area contributed by atoms with E-state index in [1.54, 1.807) is 6.07 Å². The predicted molar refractivity (Wildman–Crippen MR) is 41.6 cm³/mol. The second kappa shape index (κ2) is 3.44. The molecule has 0 radical (unpaired) electrons. The van der Waals surface area contributed by atoms with Crippen LogP contribution < -0.4 is 9.47 Å². The topological polar surface area (TPSA) is 36.2 Å². The summed E-state index contributed by atoms with van der Waals surface area (Å²) in [4.78, 5) is 0. The third-order valence-corrected chi connectivity index (χ3v) is 1.43. The minimum absolute atomic E-state index is 0.121. The van der Waals surface area contributed by atoms with Crippen LogP contribution in [-0.4, -0.2) is 6.61 Å². The molecule has 0 saturated heterocycles. The SMILES string of the molecule is CCOc1cc[n+]([O-])c(Cl)c1. The van der Waals surface area contributed by atoms with E-state index in [2.05, 4.69) is 0 Å². The molecule has 0 unspecified atom stereocenters. The molecule has 0 atom stereocenters. The third kappa shape index (κ3) is 1.98. The van der Waals surface area contributed by atoms with Crippen molar-refractivity contribution in [3.05, 3.63) is 28.7 Å². The molecule has 1 aromatic rings. The molecule has 0 aliphatic heterocycles. The lowest BCUT2D eigenvalue weighted by atomic mass is 10.4. The number of halogens is 1. The zero-order valence-corrected chi connectivity index (χ0v) is 6.84. The summed E-state index contributed by atoms with van der Waals surface area (Å²) in [7, 11) is 0. The van der Waals surface area contributed by atoms with Crippen LogP contribution in [0.25, 0.3) is 0 Å². The van der Waals surface area contributed by atoms with Crippen LogP contribution in [0, 0.1) is 5.21 Å². The fraction of sp³-hybridized carbons (Fsp3) is 0.286. The Kier molecular flexibility index (Phi) is 2.54. The van der Waals surface area contributed by atoms with Crippen LogP contribution in [0.2, 0.25) is 5.15 Å². The summed E-state index contributed by atoms with van der Waals surface area (Å²) in [5.74, 6) is 0.615. The molecule has 0 bridgehead atoms. The molecule has 11 heavy (non-hydrogen) atoms. The van der Waals surface area contributed by atoms with Crippen molar-refractivity contribution in [1.29, 1.82) is 0 Å². The van der Waals surface area contributed by atoms with Gasteiger partial charge in [0.15, 0.2) is 6.20 Å². The summed E-state index contributed by atoms with van der Waals surface area (Å²) in [6.45, 7) is 2.44. The zero-order valence-electron chi connectivity index (χ0n) is 6.08. The fourth-order valence-electron chi connectivity index (χ4n) is 0.698. The Morgan fingerprint density at radius 2 is 2.45 bits per heavy atom. The number of nitrogens with zero attached hydrogens (tertiary/aromatic N) is 1. The molecule has 0 amide bonds. The Morgan fingerprint density at radius 3 is 3.00 bits per heavy atom. The van der Waals surface area contributed by atoms with Gasteiger partial charge in [-0.15, -0.1) is 0 Å². The summed E-state index contributed by atoms with van der Waals surface area (Å²) in [6, 6.07) is 3.06. The van der Waals surface area contributed by atoms with Gasteiger partial charge in [0.1, 0.15) is 5.75 Å². The number of rotatable bonds is 2. The Hall–Kier alpha value is -0.960. The van der Waals surface area contributed by atoms with Crippen molar-refractivity contribution >= 4 is 11.6 Å².